The first-order chi connectivity index (χ1) is 6.00. The molecule has 0 saturated heterocycles. The van der Waals surface area contributed by atoms with Crippen molar-refractivity contribution < 1.29 is 5.11 Å². The Hall–Kier alpha value is -0.300. The maximum absolute atomic E-state index is 10.5. The Kier molecular flexibility index (Phi) is 3.18. The summed E-state index contributed by atoms with van der Waals surface area (Å²) in [5, 5.41) is 10.5. The van der Waals surface area contributed by atoms with E-state index in [1.165, 1.54) is 5.57 Å². The van der Waals surface area contributed by atoms with Gasteiger partial charge in [-0.15, -0.1) is 0 Å². The van der Waals surface area contributed by atoms with Gasteiger partial charge in [0.2, 0.25) is 0 Å². The summed E-state index contributed by atoms with van der Waals surface area (Å²) in [5.41, 5.74) is 0.887. The van der Waals surface area contributed by atoms with Crippen LogP contribution in [-0.4, -0.2) is 10.7 Å². The maximum atomic E-state index is 10.5. The van der Waals surface area contributed by atoms with Crippen LogP contribution in [0.4, 0.5) is 0 Å². The fraction of sp³-hybridized carbons (Fsp3) is 0.833. The highest BCUT2D eigenvalue weighted by atomic mass is 16.3. The molecule has 0 aliphatic heterocycles. The highest BCUT2D eigenvalue weighted by Gasteiger charge is 2.41. The smallest absolute Gasteiger partial charge is 0.0769 e. The van der Waals surface area contributed by atoms with Crippen molar-refractivity contribution in [2.75, 3.05) is 0 Å². The van der Waals surface area contributed by atoms with Crippen LogP contribution in [0.1, 0.15) is 47.0 Å². The van der Waals surface area contributed by atoms with Crippen LogP contribution in [0.3, 0.4) is 0 Å². The van der Waals surface area contributed by atoms with Gasteiger partial charge < -0.3 is 5.11 Å². The highest BCUT2D eigenvalue weighted by Crippen LogP contribution is 2.41. The van der Waals surface area contributed by atoms with Crippen LogP contribution in [-0.2, 0) is 0 Å². The lowest BCUT2D eigenvalue weighted by molar-refractivity contribution is -0.0366. The Balaban J connectivity index is 2.68. The summed E-state index contributed by atoms with van der Waals surface area (Å²) in [6.45, 7) is 8.60. The molecule has 0 aromatic heterocycles. The first-order valence-electron chi connectivity index (χ1n) is 5.40. The Morgan fingerprint density at radius 3 is 2.69 bits per heavy atom. The summed E-state index contributed by atoms with van der Waals surface area (Å²) >= 11 is 0. The second-order valence-electron chi connectivity index (χ2n) is 4.66. The van der Waals surface area contributed by atoms with E-state index >= 15 is 0 Å². The molecule has 1 aliphatic carbocycles. The summed E-state index contributed by atoms with van der Waals surface area (Å²) < 4.78 is 0. The molecule has 1 aliphatic rings. The lowest BCUT2D eigenvalue weighted by Gasteiger charge is -2.34. The van der Waals surface area contributed by atoms with E-state index in [2.05, 4.69) is 33.8 Å². The van der Waals surface area contributed by atoms with Crippen molar-refractivity contribution in [3.05, 3.63) is 11.6 Å². The molecule has 0 radical (unpaired) electrons. The topological polar surface area (TPSA) is 20.2 Å². The first-order valence-corrected chi connectivity index (χ1v) is 5.40. The third-order valence-corrected chi connectivity index (χ3v) is 3.46. The molecule has 0 spiro atoms. The zero-order valence-electron chi connectivity index (χ0n) is 9.30. The average Bonchev–Trinajstić information content (AvgIpc) is 2.28. The molecule has 0 heterocycles. The lowest BCUT2D eigenvalue weighted by atomic mass is 9.78. The van der Waals surface area contributed by atoms with Gasteiger partial charge in [0, 0.05) is 5.92 Å². The van der Waals surface area contributed by atoms with Gasteiger partial charge in [0.25, 0.3) is 0 Å². The second kappa shape index (κ2) is 3.83. The molecule has 0 fully saturated rings. The second-order valence-corrected chi connectivity index (χ2v) is 4.66. The number of hydrogen-bond acceptors (Lipinski definition) is 1. The zero-order valence-corrected chi connectivity index (χ0v) is 9.30. The summed E-state index contributed by atoms with van der Waals surface area (Å²) in [6.07, 6.45) is 5.37. The van der Waals surface area contributed by atoms with Crippen LogP contribution in [0.2, 0.25) is 0 Å². The van der Waals surface area contributed by atoms with Crippen molar-refractivity contribution in [2.24, 2.45) is 11.8 Å². The number of rotatable bonds is 3. The monoisotopic (exact) mass is 182 g/mol. The normalized spacial score (nSPS) is 36.1. The van der Waals surface area contributed by atoms with E-state index in [9.17, 15) is 5.11 Å². The molecule has 0 aromatic rings. The Bertz CT molecular complexity index is 207. The highest BCUT2D eigenvalue weighted by molar-refractivity contribution is 5.18. The minimum atomic E-state index is -0.458. The minimum Gasteiger partial charge on any atom is -0.389 e. The first kappa shape index (κ1) is 10.8. The van der Waals surface area contributed by atoms with Crippen LogP contribution in [0.5, 0.6) is 0 Å². The largest absolute Gasteiger partial charge is 0.389 e. The summed E-state index contributed by atoms with van der Waals surface area (Å²) in [5.74, 6) is 0.746. The summed E-state index contributed by atoms with van der Waals surface area (Å²) in [6, 6.07) is 0. The Labute approximate surface area is 81.9 Å². The van der Waals surface area contributed by atoms with Gasteiger partial charge in [0.15, 0.2) is 0 Å². The molecule has 0 amide bonds. The quantitative estimate of drug-likeness (QED) is 0.665. The van der Waals surface area contributed by atoms with Gasteiger partial charge >= 0.3 is 0 Å². The van der Waals surface area contributed by atoms with E-state index in [0.717, 1.165) is 19.3 Å². The van der Waals surface area contributed by atoms with Crippen molar-refractivity contribution in [2.45, 2.75) is 52.6 Å². The number of aliphatic hydroxyl groups is 1. The molecule has 1 N–H and O–H groups in total. The van der Waals surface area contributed by atoms with Crippen LogP contribution in [0.15, 0.2) is 11.6 Å². The maximum Gasteiger partial charge on any atom is 0.0769 e. The standard InChI is InChI=1S/C12H22O/c1-5-6-10(3)12(13)8-9(2)7-11(12)4/h7,10-11,13H,5-6,8H2,1-4H3. The third-order valence-electron chi connectivity index (χ3n) is 3.46. The Morgan fingerprint density at radius 1 is 1.69 bits per heavy atom. The molecule has 3 unspecified atom stereocenters. The zero-order chi connectivity index (χ0) is 10.1. The number of hydrogen-bond donors (Lipinski definition) is 1. The van der Waals surface area contributed by atoms with Gasteiger partial charge in [-0.05, 0) is 25.7 Å². The van der Waals surface area contributed by atoms with E-state index in [0.29, 0.717) is 11.8 Å². The van der Waals surface area contributed by atoms with Crippen molar-refractivity contribution in [1.82, 2.24) is 0 Å². The van der Waals surface area contributed by atoms with E-state index in [1.54, 1.807) is 0 Å². The molecule has 0 saturated carbocycles. The van der Waals surface area contributed by atoms with Crippen molar-refractivity contribution in [3.63, 3.8) is 0 Å². The molecule has 13 heavy (non-hydrogen) atoms. The molecular formula is C12H22O. The van der Waals surface area contributed by atoms with Crippen LogP contribution >= 0.6 is 0 Å². The predicted molar refractivity (Wildman–Crippen MR) is 56.6 cm³/mol. The predicted octanol–water partition coefficient (Wildman–Crippen LogP) is 3.14. The van der Waals surface area contributed by atoms with Gasteiger partial charge in [0.05, 0.1) is 5.60 Å². The van der Waals surface area contributed by atoms with E-state index < -0.39 is 5.60 Å². The molecular weight excluding hydrogens is 160 g/mol. The van der Waals surface area contributed by atoms with Gasteiger partial charge in [-0.25, -0.2) is 0 Å². The molecule has 1 rings (SSSR count). The average molecular weight is 182 g/mol. The SMILES string of the molecule is CCCC(C)C1(O)CC(C)=CC1C. The Morgan fingerprint density at radius 2 is 2.31 bits per heavy atom. The van der Waals surface area contributed by atoms with Gasteiger partial charge in [0.1, 0.15) is 0 Å². The van der Waals surface area contributed by atoms with Gasteiger partial charge in [-0.1, -0.05) is 38.8 Å². The van der Waals surface area contributed by atoms with E-state index in [-0.39, 0.29) is 0 Å². The summed E-state index contributed by atoms with van der Waals surface area (Å²) in [4.78, 5) is 0. The fourth-order valence-electron chi connectivity index (χ4n) is 2.54. The van der Waals surface area contributed by atoms with Gasteiger partial charge in [-0.2, -0.15) is 0 Å². The van der Waals surface area contributed by atoms with Crippen LogP contribution < -0.4 is 0 Å². The third kappa shape index (κ3) is 1.96. The van der Waals surface area contributed by atoms with Crippen LogP contribution in [0, 0.1) is 11.8 Å². The van der Waals surface area contributed by atoms with Crippen molar-refractivity contribution in [3.8, 4) is 0 Å². The lowest BCUT2D eigenvalue weighted by Crippen LogP contribution is -2.39. The van der Waals surface area contributed by atoms with E-state index in [1.807, 2.05) is 0 Å². The molecule has 1 heteroatoms. The molecule has 0 aromatic carbocycles. The molecule has 3 atom stereocenters. The molecule has 0 bridgehead atoms. The summed E-state index contributed by atoms with van der Waals surface area (Å²) in [7, 11) is 0. The molecule has 76 valence electrons. The fourth-order valence-corrected chi connectivity index (χ4v) is 2.54. The minimum absolute atomic E-state index is 0.328. The van der Waals surface area contributed by atoms with Crippen molar-refractivity contribution >= 4 is 0 Å². The van der Waals surface area contributed by atoms with Crippen molar-refractivity contribution in [1.29, 1.82) is 0 Å². The molecule has 1 nitrogen and oxygen atoms in total. The van der Waals surface area contributed by atoms with Gasteiger partial charge in [-0.3, -0.25) is 0 Å². The van der Waals surface area contributed by atoms with Crippen LogP contribution in [0.25, 0.3) is 0 Å². The van der Waals surface area contributed by atoms with E-state index in [4.69, 9.17) is 0 Å².